The van der Waals surface area contributed by atoms with E-state index in [-0.39, 0.29) is 11.8 Å². The quantitative estimate of drug-likeness (QED) is 0.487. The Morgan fingerprint density at radius 3 is 2.30 bits per heavy atom. The first-order chi connectivity index (χ1) is 13.1. The summed E-state index contributed by atoms with van der Waals surface area (Å²) in [5, 5.41) is 0.617. The van der Waals surface area contributed by atoms with Gasteiger partial charge >= 0.3 is 0 Å². The molecule has 2 aromatic carbocycles. The van der Waals surface area contributed by atoms with Crippen molar-refractivity contribution in [1.29, 1.82) is 0 Å². The third-order valence-electron chi connectivity index (χ3n) is 4.61. The highest BCUT2D eigenvalue weighted by Gasteiger charge is 2.36. The van der Waals surface area contributed by atoms with Gasteiger partial charge in [0.2, 0.25) is 0 Å². The van der Waals surface area contributed by atoms with Crippen molar-refractivity contribution in [1.82, 2.24) is 9.38 Å². The smallest absolute Gasteiger partial charge is 0.266 e. The number of benzene rings is 2. The van der Waals surface area contributed by atoms with Crippen molar-refractivity contribution >= 4 is 34.7 Å². The number of fused-ring (bicyclic) bond motifs is 2. The van der Waals surface area contributed by atoms with Crippen LogP contribution in [0.1, 0.15) is 20.7 Å². The van der Waals surface area contributed by atoms with Crippen LogP contribution in [0.25, 0.3) is 16.9 Å². The lowest BCUT2D eigenvalue weighted by molar-refractivity contribution is 0.0926. The molecule has 3 heterocycles. The second-order valence-corrected chi connectivity index (χ2v) is 6.72. The fourth-order valence-corrected chi connectivity index (χ4v) is 3.50. The molecule has 1 aliphatic heterocycles. The van der Waals surface area contributed by atoms with Gasteiger partial charge in [-0.2, -0.15) is 0 Å². The zero-order valence-corrected chi connectivity index (χ0v) is 14.7. The van der Waals surface area contributed by atoms with E-state index in [0.717, 1.165) is 16.9 Å². The first-order valence-corrected chi connectivity index (χ1v) is 8.72. The molecule has 0 radical (unpaired) electrons. The van der Waals surface area contributed by atoms with Crippen LogP contribution in [-0.4, -0.2) is 21.2 Å². The van der Waals surface area contributed by atoms with Gasteiger partial charge in [0, 0.05) is 18.0 Å². The average Bonchev–Trinajstić information content (AvgIpc) is 3.21. The first kappa shape index (κ1) is 15.8. The maximum atomic E-state index is 12.7. The van der Waals surface area contributed by atoms with E-state index in [1.54, 1.807) is 48.7 Å². The molecule has 2 amide bonds. The van der Waals surface area contributed by atoms with Crippen molar-refractivity contribution in [2.24, 2.45) is 0 Å². The average molecular weight is 374 g/mol. The standard InChI is InChI=1S/C21H12ClN3O2/c22-14-8-9-19-23-18(12-24(19)11-14)13-4-3-5-15(10-13)25-20(26)16-6-1-2-7-17(16)21(25)27/h1-12H. The Balaban J connectivity index is 1.58. The SMILES string of the molecule is O=C1c2ccccc2C(=O)N1c1cccc(-c2cn3cc(Cl)ccc3n2)c1. The predicted molar refractivity (Wildman–Crippen MR) is 103 cm³/mol. The van der Waals surface area contributed by atoms with Crippen LogP contribution in [0.2, 0.25) is 5.02 Å². The number of pyridine rings is 1. The lowest BCUT2D eigenvalue weighted by Gasteiger charge is -2.14. The molecule has 5 rings (SSSR count). The number of nitrogens with zero attached hydrogens (tertiary/aromatic N) is 3. The second-order valence-electron chi connectivity index (χ2n) is 6.28. The molecule has 0 saturated carbocycles. The third kappa shape index (κ3) is 2.44. The summed E-state index contributed by atoms with van der Waals surface area (Å²) in [6.45, 7) is 0. The predicted octanol–water partition coefficient (Wildman–Crippen LogP) is 4.46. The first-order valence-electron chi connectivity index (χ1n) is 8.34. The van der Waals surface area contributed by atoms with Gasteiger partial charge in [-0.3, -0.25) is 9.59 Å². The summed E-state index contributed by atoms with van der Waals surface area (Å²) < 4.78 is 1.84. The van der Waals surface area contributed by atoms with Crippen molar-refractivity contribution < 1.29 is 9.59 Å². The molecule has 0 N–H and O–H groups in total. The van der Waals surface area contributed by atoms with Crippen molar-refractivity contribution in [3.8, 4) is 11.3 Å². The molecule has 27 heavy (non-hydrogen) atoms. The van der Waals surface area contributed by atoms with E-state index < -0.39 is 0 Å². The number of amides is 2. The van der Waals surface area contributed by atoms with Gasteiger partial charge in [-0.05, 0) is 36.4 Å². The molecule has 4 aromatic rings. The van der Waals surface area contributed by atoms with Gasteiger partial charge < -0.3 is 4.40 Å². The molecule has 0 aliphatic carbocycles. The maximum Gasteiger partial charge on any atom is 0.266 e. The zero-order chi connectivity index (χ0) is 18.5. The van der Waals surface area contributed by atoms with Crippen LogP contribution >= 0.6 is 11.6 Å². The van der Waals surface area contributed by atoms with Crippen LogP contribution in [0.4, 0.5) is 5.69 Å². The molecular weight excluding hydrogens is 362 g/mol. The number of halogens is 1. The van der Waals surface area contributed by atoms with E-state index in [1.165, 1.54) is 4.90 Å². The minimum Gasteiger partial charge on any atom is -0.305 e. The van der Waals surface area contributed by atoms with Crippen molar-refractivity contribution in [2.75, 3.05) is 4.90 Å². The van der Waals surface area contributed by atoms with Gasteiger partial charge in [-0.1, -0.05) is 35.9 Å². The Morgan fingerprint density at radius 2 is 1.56 bits per heavy atom. The third-order valence-corrected chi connectivity index (χ3v) is 4.83. The molecule has 5 nitrogen and oxygen atoms in total. The largest absolute Gasteiger partial charge is 0.305 e. The van der Waals surface area contributed by atoms with E-state index in [1.807, 2.05) is 28.8 Å². The highest BCUT2D eigenvalue weighted by atomic mass is 35.5. The number of hydrogen-bond donors (Lipinski definition) is 0. The lowest BCUT2D eigenvalue weighted by Crippen LogP contribution is -2.29. The molecule has 0 atom stereocenters. The molecule has 2 aromatic heterocycles. The molecule has 0 spiro atoms. The monoisotopic (exact) mass is 373 g/mol. The van der Waals surface area contributed by atoms with Gasteiger partial charge in [0.05, 0.1) is 27.5 Å². The maximum absolute atomic E-state index is 12.7. The molecule has 0 bridgehead atoms. The number of carbonyl (C=O) groups excluding carboxylic acids is 2. The van der Waals surface area contributed by atoms with E-state index in [0.29, 0.717) is 21.8 Å². The Hall–Kier alpha value is -3.44. The number of imide groups is 1. The molecular formula is C21H12ClN3O2. The molecule has 0 saturated heterocycles. The van der Waals surface area contributed by atoms with Crippen LogP contribution in [-0.2, 0) is 0 Å². The Kier molecular flexibility index (Phi) is 3.39. The number of carbonyl (C=O) groups is 2. The van der Waals surface area contributed by atoms with Crippen LogP contribution in [0.5, 0.6) is 0 Å². The topological polar surface area (TPSA) is 54.7 Å². The van der Waals surface area contributed by atoms with Crippen molar-refractivity contribution in [2.45, 2.75) is 0 Å². The Bertz CT molecular complexity index is 1210. The fourth-order valence-electron chi connectivity index (χ4n) is 3.33. The minimum atomic E-state index is -0.311. The van der Waals surface area contributed by atoms with Crippen LogP contribution < -0.4 is 4.90 Å². The zero-order valence-electron chi connectivity index (χ0n) is 14.0. The summed E-state index contributed by atoms with van der Waals surface area (Å²) in [6.07, 6.45) is 3.64. The molecule has 6 heteroatoms. The number of imidazole rings is 1. The summed E-state index contributed by atoms with van der Waals surface area (Å²) in [5.74, 6) is -0.621. The molecule has 130 valence electrons. The number of anilines is 1. The highest BCUT2D eigenvalue weighted by Crippen LogP contribution is 2.31. The summed E-state index contributed by atoms with van der Waals surface area (Å²) in [7, 11) is 0. The van der Waals surface area contributed by atoms with E-state index in [9.17, 15) is 9.59 Å². The summed E-state index contributed by atoms with van der Waals surface area (Å²) >= 11 is 6.03. The van der Waals surface area contributed by atoms with Crippen molar-refractivity contribution in [3.63, 3.8) is 0 Å². The summed E-state index contributed by atoms with van der Waals surface area (Å²) in [4.78, 5) is 31.2. The Morgan fingerprint density at radius 1 is 0.815 bits per heavy atom. The lowest BCUT2D eigenvalue weighted by atomic mass is 10.1. The second kappa shape index (κ2) is 5.79. The fraction of sp³-hybridized carbons (Fsp3) is 0. The van der Waals surface area contributed by atoms with E-state index >= 15 is 0 Å². The number of rotatable bonds is 2. The van der Waals surface area contributed by atoms with Gasteiger partial charge in [0.25, 0.3) is 11.8 Å². The van der Waals surface area contributed by atoms with Gasteiger partial charge in [0.15, 0.2) is 0 Å². The van der Waals surface area contributed by atoms with Gasteiger partial charge in [-0.15, -0.1) is 0 Å². The van der Waals surface area contributed by atoms with E-state index in [4.69, 9.17) is 11.6 Å². The van der Waals surface area contributed by atoms with Crippen LogP contribution in [0.15, 0.2) is 73.1 Å². The molecule has 0 unspecified atom stereocenters. The van der Waals surface area contributed by atoms with E-state index in [2.05, 4.69) is 4.98 Å². The van der Waals surface area contributed by atoms with Gasteiger partial charge in [-0.25, -0.2) is 9.88 Å². The highest BCUT2D eigenvalue weighted by molar-refractivity contribution is 6.34. The van der Waals surface area contributed by atoms with Gasteiger partial charge in [0.1, 0.15) is 5.65 Å². The van der Waals surface area contributed by atoms with Crippen LogP contribution in [0, 0.1) is 0 Å². The number of hydrogen-bond acceptors (Lipinski definition) is 3. The van der Waals surface area contributed by atoms with Crippen molar-refractivity contribution in [3.05, 3.63) is 89.2 Å². The summed E-state index contributed by atoms with van der Waals surface area (Å²) in [5.41, 5.74) is 3.68. The summed E-state index contributed by atoms with van der Waals surface area (Å²) in [6, 6.07) is 17.7. The Labute approximate surface area is 159 Å². The molecule has 0 fully saturated rings. The van der Waals surface area contributed by atoms with Crippen LogP contribution in [0.3, 0.4) is 0 Å². The number of aromatic nitrogens is 2. The normalized spacial score (nSPS) is 13.4. The molecule has 1 aliphatic rings. The minimum absolute atomic E-state index is 0.311.